The molecule has 2 N–H and O–H groups in total. The highest BCUT2D eigenvalue weighted by molar-refractivity contribution is 5.48. The Kier molecular flexibility index (Phi) is 4.39. The summed E-state index contributed by atoms with van der Waals surface area (Å²) in [6.45, 7) is 3.59. The van der Waals surface area contributed by atoms with Crippen LogP contribution in [-0.4, -0.2) is 13.1 Å². The second kappa shape index (κ2) is 6.23. The molecule has 2 nitrogen and oxygen atoms in total. The number of nitrogens with zero attached hydrogens (tertiary/aromatic N) is 1. The summed E-state index contributed by atoms with van der Waals surface area (Å²) in [6.07, 6.45) is 0.854. The number of halogens is 1. The Morgan fingerprint density at radius 3 is 2.58 bits per heavy atom. The van der Waals surface area contributed by atoms with E-state index in [1.54, 1.807) is 6.07 Å². The van der Waals surface area contributed by atoms with E-state index in [0.29, 0.717) is 5.69 Å². The van der Waals surface area contributed by atoms with Gasteiger partial charge in [-0.05, 0) is 43.2 Å². The number of hydrogen-bond donors (Lipinski definition) is 1. The number of anilines is 2. The van der Waals surface area contributed by atoms with Crippen LogP contribution >= 0.6 is 0 Å². The molecule has 2 aromatic rings. The van der Waals surface area contributed by atoms with Crippen LogP contribution < -0.4 is 10.6 Å². The van der Waals surface area contributed by atoms with Crippen molar-refractivity contribution in [2.24, 2.45) is 0 Å². The van der Waals surface area contributed by atoms with Crippen molar-refractivity contribution in [1.29, 1.82) is 0 Å². The molecule has 0 aliphatic rings. The van der Waals surface area contributed by atoms with Crippen molar-refractivity contribution in [2.75, 3.05) is 23.7 Å². The molecule has 0 heterocycles. The monoisotopic (exact) mass is 258 g/mol. The molecule has 0 saturated carbocycles. The van der Waals surface area contributed by atoms with Gasteiger partial charge in [-0.1, -0.05) is 24.3 Å². The largest absolute Gasteiger partial charge is 0.399 e. The fourth-order valence-electron chi connectivity index (χ4n) is 2.17. The molecule has 2 rings (SSSR count). The van der Waals surface area contributed by atoms with E-state index in [-0.39, 0.29) is 5.82 Å². The Hall–Kier alpha value is -2.03. The lowest BCUT2D eigenvalue weighted by Crippen LogP contribution is -2.26. The Labute approximate surface area is 113 Å². The molecule has 19 heavy (non-hydrogen) atoms. The van der Waals surface area contributed by atoms with Gasteiger partial charge in [-0.15, -0.1) is 0 Å². The van der Waals surface area contributed by atoms with Gasteiger partial charge in [-0.3, -0.25) is 0 Å². The molecule has 0 unspecified atom stereocenters. The van der Waals surface area contributed by atoms with E-state index >= 15 is 0 Å². The molecule has 0 aliphatic heterocycles. The standard InChI is InChI=1S/C16H19FN2/c1-2-19(16-9-4-3-8-15(16)17)11-10-13-6-5-7-14(18)12-13/h3-9,12H,2,10-11,18H2,1H3. The summed E-state index contributed by atoms with van der Waals surface area (Å²) in [7, 11) is 0. The lowest BCUT2D eigenvalue weighted by Gasteiger charge is -2.23. The van der Waals surface area contributed by atoms with E-state index in [1.165, 1.54) is 11.6 Å². The molecule has 0 atom stereocenters. The summed E-state index contributed by atoms with van der Waals surface area (Å²) >= 11 is 0. The molecule has 100 valence electrons. The number of nitrogen functional groups attached to an aromatic ring is 1. The van der Waals surface area contributed by atoms with Gasteiger partial charge in [0.25, 0.3) is 0 Å². The third-order valence-electron chi connectivity index (χ3n) is 3.20. The van der Waals surface area contributed by atoms with Crippen molar-refractivity contribution in [2.45, 2.75) is 13.3 Å². The number of para-hydroxylation sites is 1. The molecule has 3 heteroatoms. The molecule has 0 amide bonds. The van der Waals surface area contributed by atoms with E-state index in [9.17, 15) is 4.39 Å². The molecule has 0 radical (unpaired) electrons. The Morgan fingerprint density at radius 2 is 1.89 bits per heavy atom. The first-order chi connectivity index (χ1) is 9.20. The van der Waals surface area contributed by atoms with Crippen molar-refractivity contribution in [1.82, 2.24) is 0 Å². The second-order valence-electron chi connectivity index (χ2n) is 4.53. The highest BCUT2D eigenvalue weighted by Crippen LogP contribution is 2.19. The zero-order valence-electron chi connectivity index (χ0n) is 11.1. The SMILES string of the molecule is CCN(CCc1cccc(N)c1)c1ccccc1F. The summed E-state index contributed by atoms with van der Waals surface area (Å²) in [5.74, 6) is -0.170. The van der Waals surface area contributed by atoms with Crippen LogP contribution in [0.15, 0.2) is 48.5 Å². The summed E-state index contributed by atoms with van der Waals surface area (Å²) in [5.41, 5.74) is 8.37. The molecular formula is C16H19FN2. The quantitative estimate of drug-likeness (QED) is 0.832. The van der Waals surface area contributed by atoms with Gasteiger partial charge < -0.3 is 10.6 Å². The van der Waals surface area contributed by atoms with E-state index in [4.69, 9.17) is 5.73 Å². The van der Waals surface area contributed by atoms with Crippen molar-refractivity contribution in [3.63, 3.8) is 0 Å². The van der Waals surface area contributed by atoms with Crippen molar-refractivity contribution >= 4 is 11.4 Å². The number of likely N-dealkylation sites (N-methyl/N-ethyl adjacent to an activating group) is 1. The fourth-order valence-corrected chi connectivity index (χ4v) is 2.17. The van der Waals surface area contributed by atoms with Crippen LogP contribution in [0.5, 0.6) is 0 Å². The Morgan fingerprint density at radius 1 is 1.11 bits per heavy atom. The summed E-state index contributed by atoms with van der Waals surface area (Å²) < 4.78 is 13.8. The van der Waals surface area contributed by atoms with E-state index in [1.807, 2.05) is 48.2 Å². The molecule has 0 bridgehead atoms. The van der Waals surface area contributed by atoms with E-state index < -0.39 is 0 Å². The topological polar surface area (TPSA) is 29.3 Å². The molecule has 0 saturated heterocycles. The van der Waals surface area contributed by atoms with Crippen LogP contribution in [0.3, 0.4) is 0 Å². The minimum atomic E-state index is -0.170. The smallest absolute Gasteiger partial charge is 0.146 e. The normalized spacial score (nSPS) is 10.4. The summed E-state index contributed by atoms with van der Waals surface area (Å²) in [4.78, 5) is 2.04. The maximum Gasteiger partial charge on any atom is 0.146 e. The number of benzene rings is 2. The van der Waals surface area contributed by atoms with Gasteiger partial charge in [0, 0.05) is 18.8 Å². The van der Waals surface area contributed by atoms with Gasteiger partial charge in [0.15, 0.2) is 0 Å². The Balaban J connectivity index is 2.06. The first kappa shape index (κ1) is 13.4. The number of rotatable bonds is 5. The maximum absolute atomic E-state index is 13.8. The van der Waals surface area contributed by atoms with Gasteiger partial charge in [-0.2, -0.15) is 0 Å². The zero-order chi connectivity index (χ0) is 13.7. The van der Waals surface area contributed by atoms with Crippen molar-refractivity contribution in [3.05, 3.63) is 59.9 Å². The first-order valence-electron chi connectivity index (χ1n) is 6.54. The van der Waals surface area contributed by atoms with Gasteiger partial charge in [0.05, 0.1) is 5.69 Å². The van der Waals surface area contributed by atoms with Crippen LogP contribution in [-0.2, 0) is 6.42 Å². The molecule has 2 aromatic carbocycles. The molecule has 0 fully saturated rings. The molecule has 0 aromatic heterocycles. The highest BCUT2D eigenvalue weighted by atomic mass is 19.1. The second-order valence-corrected chi connectivity index (χ2v) is 4.53. The van der Waals surface area contributed by atoms with Crippen molar-refractivity contribution < 1.29 is 4.39 Å². The van der Waals surface area contributed by atoms with Gasteiger partial charge in [0.2, 0.25) is 0 Å². The van der Waals surface area contributed by atoms with Crippen molar-refractivity contribution in [3.8, 4) is 0 Å². The predicted octanol–water partition coefficient (Wildman–Crippen LogP) is 3.48. The van der Waals surface area contributed by atoms with Crippen LogP contribution in [0.1, 0.15) is 12.5 Å². The predicted molar refractivity (Wildman–Crippen MR) is 78.8 cm³/mol. The van der Waals surface area contributed by atoms with Crippen LogP contribution in [0.4, 0.5) is 15.8 Å². The van der Waals surface area contributed by atoms with Crippen LogP contribution in [0, 0.1) is 5.82 Å². The summed E-state index contributed by atoms with van der Waals surface area (Å²) in [6, 6.07) is 14.7. The van der Waals surface area contributed by atoms with Crippen LogP contribution in [0.2, 0.25) is 0 Å². The van der Waals surface area contributed by atoms with Gasteiger partial charge in [0.1, 0.15) is 5.82 Å². The first-order valence-corrected chi connectivity index (χ1v) is 6.54. The minimum absolute atomic E-state index is 0.170. The Bertz CT molecular complexity index is 540. The average molecular weight is 258 g/mol. The van der Waals surface area contributed by atoms with Gasteiger partial charge >= 0.3 is 0 Å². The van der Waals surface area contributed by atoms with Crippen LogP contribution in [0.25, 0.3) is 0 Å². The fraction of sp³-hybridized carbons (Fsp3) is 0.250. The third kappa shape index (κ3) is 3.47. The molecule has 0 spiro atoms. The highest BCUT2D eigenvalue weighted by Gasteiger charge is 2.09. The minimum Gasteiger partial charge on any atom is -0.399 e. The number of nitrogens with two attached hydrogens (primary N) is 1. The molecular weight excluding hydrogens is 239 g/mol. The lowest BCUT2D eigenvalue weighted by molar-refractivity contribution is 0.618. The maximum atomic E-state index is 13.8. The zero-order valence-corrected chi connectivity index (χ0v) is 11.1. The lowest BCUT2D eigenvalue weighted by atomic mass is 10.1. The molecule has 0 aliphatic carbocycles. The van der Waals surface area contributed by atoms with E-state index in [2.05, 4.69) is 0 Å². The van der Waals surface area contributed by atoms with E-state index in [0.717, 1.165) is 25.2 Å². The third-order valence-corrected chi connectivity index (χ3v) is 3.20. The van der Waals surface area contributed by atoms with Gasteiger partial charge in [-0.25, -0.2) is 4.39 Å². The summed E-state index contributed by atoms with van der Waals surface area (Å²) in [5, 5.41) is 0. The average Bonchev–Trinajstić information content (AvgIpc) is 2.41. The number of hydrogen-bond acceptors (Lipinski definition) is 2.